The molecule has 0 aromatic heterocycles. The molecule has 0 unspecified atom stereocenters. The molecule has 2 heteroatoms. The SMILES string of the molecule is CCNC1CC(C)(OC)C1. The molecule has 1 fully saturated rings. The number of nitrogens with one attached hydrogen (secondary N) is 1. The minimum Gasteiger partial charge on any atom is -0.378 e. The minimum absolute atomic E-state index is 0.173. The Kier molecular flexibility index (Phi) is 2.32. The zero-order valence-corrected chi connectivity index (χ0v) is 7.11. The number of methoxy groups -OCH3 is 1. The van der Waals surface area contributed by atoms with Crippen molar-refractivity contribution >= 4 is 0 Å². The number of hydrogen-bond acceptors (Lipinski definition) is 2. The first-order valence-corrected chi connectivity index (χ1v) is 3.99. The molecule has 1 rings (SSSR count). The van der Waals surface area contributed by atoms with Gasteiger partial charge in [-0.05, 0) is 26.3 Å². The average Bonchev–Trinajstić information content (AvgIpc) is 1.85. The van der Waals surface area contributed by atoms with Gasteiger partial charge in [0.25, 0.3) is 0 Å². The molecule has 2 nitrogen and oxygen atoms in total. The fourth-order valence-corrected chi connectivity index (χ4v) is 1.58. The summed E-state index contributed by atoms with van der Waals surface area (Å²) in [5, 5.41) is 3.39. The van der Waals surface area contributed by atoms with E-state index in [0.717, 1.165) is 19.4 Å². The van der Waals surface area contributed by atoms with E-state index in [1.54, 1.807) is 7.11 Å². The second-order valence-electron chi connectivity index (χ2n) is 3.32. The van der Waals surface area contributed by atoms with Crippen molar-refractivity contribution in [1.82, 2.24) is 5.32 Å². The molecule has 0 aromatic rings. The molecule has 0 radical (unpaired) electrons. The van der Waals surface area contributed by atoms with Crippen LogP contribution >= 0.6 is 0 Å². The lowest BCUT2D eigenvalue weighted by Gasteiger charge is -2.44. The second kappa shape index (κ2) is 2.89. The van der Waals surface area contributed by atoms with Crippen molar-refractivity contribution in [3.05, 3.63) is 0 Å². The van der Waals surface area contributed by atoms with Crippen LogP contribution in [-0.2, 0) is 4.74 Å². The standard InChI is InChI=1S/C8H17NO/c1-4-9-7-5-8(2,6-7)10-3/h7,9H,4-6H2,1-3H3. The molecule has 0 saturated heterocycles. The van der Waals surface area contributed by atoms with E-state index in [1.165, 1.54) is 0 Å². The Morgan fingerprint density at radius 1 is 1.60 bits per heavy atom. The van der Waals surface area contributed by atoms with E-state index in [-0.39, 0.29) is 5.60 Å². The van der Waals surface area contributed by atoms with Crippen molar-refractivity contribution in [3.8, 4) is 0 Å². The summed E-state index contributed by atoms with van der Waals surface area (Å²) in [7, 11) is 1.79. The second-order valence-corrected chi connectivity index (χ2v) is 3.32. The molecule has 1 saturated carbocycles. The highest BCUT2D eigenvalue weighted by molar-refractivity contribution is 4.95. The molecule has 0 aliphatic heterocycles. The van der Waals surface area contributed by atoms with Crippen molar-refractivity contribution in [1.29, 1.82) is 0 Å². The molecule has 0 atom stereocenters. The fraction of sp³-hybridized carbons (Fsp3) is 1.00. The normalized spacial score (nSPS) is 39.3. The summed E-state index contributed by atoms with van der Waals surface area (Å²) < 4.78 is 5.31. The lowest BCUT2D eigenvalue weighted by molar-refractivity contribution is -0.0743. The van der Waals surface area contributed by atoms with Gasteiger partial charge < -0.3 is 10.1 Å². The van der Waals surface area contributed by atoms with Crippen LogP contribution in [-0.4, -0.2) is 25.3 Å². The van der Waals surface area contributed by atoms with Gasteiger partial charge in [-0.15, -0.1) is 0 Å². The summed E-state index contributed by atoms with van der Waals surface area (Å²) in [5.74, 6) is 0. The molecule has 0 amide bonds. The topological polar surface area (TPSA) is 21.3 Å². The Morgan fingerprint density at radius 2 is 2.20 bits per heavy atom. The third-order valence-corrected chi connectivity index (χ3v) is 2.34. The van der Waals surface area contributed by atoms with Crippen LogP contribution in [0.2, 0.25) is 0 Å². The number of ether oxygens (including phenoxy) is 1. The summed E-state index contributed by atoms with van der Waals surface area (Å²) in [4.78, 5) is 0. The maximum Gasteiger partial charge on any atom is 0.0680 e. The zero-order chi connectivity index (χ0) is 7.61. The van der Waals surface area contributed by atoms with Crippen LogP contribution in [0.1, 0.15) is 26.7 Å². The van der Waals surface area contributed by atoms with Gasteiger partial charge in [-0.25, -0.2) is 0 Å². The van der Waals surface area contributed by atoms with Gasteiger partial charge in [-0.2, -0.15) is 0 Å². The molecule has 60 valence electrons. The zero-order valence-electron chi connectivity index (χ0n) is 7.11. The number of rotatable bonds is 3. The molecule has 0 aromatic carbocycles. The molecule has 0 bridgehead atoms. The highest BCUT2D eigenvalue weighted by atomic mass is 16.5. The van der Waals surface area contributed by atoms with E-state index >= 15 is 0 Å². The predicted molar refractivity (Wildman–Crippen MR) is 42.1 cm³/mol. The van der Waals surface area contributed by atoms with Gasteiger partial charge in [0.2, 0.25) is 0 Å². The summed E-state index contributed by atoms with van der Waals surface area (Å²) in [6, 6.07) is 0.704. The maximum absolute atomic E-state index is 5.31. The van der Waals surface area contributed by atoms with Crippen LogP contribution < -0.4 is 5.32 Å². The lowest BCUT2D eigenvalue weighted by Crippen LogP contribution is -2.52. The van der Waals surface area contributed by atoms with Crippen molar-refractivity contribution in [2.24, 2.45) is 0 Å². The average molecular weight is 143 g/mol. The van der Waals surface area contributed by atoms with Gasteiger partial charge in [0.15, 0.2) is 0 Å². The first-order valence-electron chi connectivity index (χ1n) is 3.99. The van der Waals surface area contributed by atoms with Crippen molar-refractivity contribution in [2.75, 3.05) is 13.7 Å². The molecular weight excluding hydrogens is 126 g/mol. The summed E-state index contributed by atoms with van der Waals surface area (Å²) in [5.41, 5.74) is 0.173. The minimum atomic E-state index is 0.173. The van der Waals surface area contributed by atoms with Crippen LogP contribution in [0.4, 0.5) is 0 Å². The third kappa shape index (κ3) is 1.50. The van der Waals surface area contributed by atoms with Gasteiger partial charge in [-0.3, -0.25) is 0 Å². The Labute approximate surface area is 63.0 Å². The maximum atomic E-state index is 5.31. The Balaban J connectivity index is 2.16. The van der Waals surface area contributed by atoms with E-state index in [2.05, 4.69) is 19.2 Å². The largest absolute Gasteiger partial charge is 0.378 e. The Hall–Kier alpha value is -0.0800. The van der Waals surface area contributed by atoms with Gasteiger partial charge >= 0.3 is 0 Å². The van der Waals surface area contributed by atoms with Gasteiger partial charge in [0.1, 0.15) is 0 Å². The molecule has 10 heavy (non-hydrogen) atoms. The quantitative estimate of drug-likeness (QED) is 0.640. The lowest BCUT2D eigenvalue weighted by atomic mass is 9.77. The van der Waals surface area contributed by atoms with Crippen LogP contribution in [0.15, 0.2) is 0 Å². The van der Waals surface area contributed by atoms with Crippen molar-refractivity contribution in [2.45, 2.75) is 38.3 Å². The summed E-state index contributed by atoms with van der Waals surface area (Å²) >= 11 is 0. The van der Waals surface area contributed by atoms with Gasteiger partial charge in [-0.1, -0.05) is 6.92 Å². The van der Waals surface area contributed by atoms with Crippen molar-refractivity contribution in [3.63, 3.8) is 0 Å². The third-order valence-electron chi connectivity index (χ3n) is 2.34. The molecule has 1 aliphatic carbocycles. The molecule has 0 heterocycles. The van der Waals surface area contributed by atoms with Crippen LogP contribution in [0.25, 0.3) is 0 Å². The van der Waals surface area contributed by atoms with Gasteiger partial charge in [0, 0.05) is 13.2 Å². The highest BCUT2D eigenvalue weighted by Crippen LogP contribution is 2.34. The summed E-state index contributed by atoms with van der Waals surface area (Å²) in [6.07, 6.45) is 2.33. The van der Waals surface area contributed by atoms with E-state index < -0.39 is 0 Å². The fourth-order valence-electron chi connectivity index (χ4n) is 1.58. The monoisotopic (exact) mass is 143 g/mol. The number of hydrogen-bond donors (Lipinski definition) is 1. The predicted octanol–water partition coefficient (Wildman–Crippen LogP) is 1.16. The molecule has 1 aliphatic rings. The Morgan fingerprint density at radius 3 is 2.60 bits per heavy atom. The highest BCUT2D eigenvalue weighted by Gasteiger charge is 2.39. The first-order chi connectivity index (χ1) is 4.70. The van der Waals surface area contributed by atoms with Crippen LogP contribution in [0, 0.1) is 0 Å². The summed E-state index contributed by atoms with van der Waals surface area (Å²) in [6.45, 7) is 5.38. The molecular formula is C8H17NO. The smallest absolute Gasteiger partial charge is 0.0680 e. The van der Waals surface area contributed by atoms with Crippen molar-refractivity contribution < 1.29 is 4.74 Å². The van der Waals surface area contributed by atoms with E-state index in [1.807, 2.05) is 0 Å². The van der Waals surface area contributed by atoms with Crippen LogP contribution in [0.5, 0.6) is 0 Å². The van der Waals surface area contributed by atoms with E-state index in [0.29, 0.717) is 6.04 Å². The van der Waals surface area contributed by atoms with E-state index in [9.17, 15) is 0 Å². The van der Waals surface area contributed by atoms with E-state index in [4.69, 9.17) is 4.74 Å². The first kappa shape index (κ1) is 8.02. The van der Waals surface area contributed by atoms with Crippen LogP contribution in [0.3, 0.4) is 0 Å². The molecule has 0 spiro atoms. The van der Waals surface area contributed by atoms with Gasteiger partial charge in [0.05, 0.1) is 5.60 Å². The molecule has 1 N–H and O–H groups in total. The Bertz CT molecular complexity index is 108.